The van der Waals surface area contributed by atoms with Gasteiger partial charge in [-0.05, 0) is 12.8 Å². The summed E-state index contributed by atoms with van der Waals surface area (Å²) >= 11 is 0. The van der Waals surface area contributed by atoms with Crippen molar-refractivity contribution in [2.75, 3.05) is 46.2 Å². The minimum Gasteiger partial charge on any atom is -0.380 e. The van der Waals surface area contributed by atoms with Crippen molar-refractivity contribution in [3.8, 4) is 0 Å². The monoisotopic (exact) mass is 286 g/mol. The van der Waals surface area contributed by atoms with Crippen LogP contribution in [0.2, 0.25) is 0 Å². The van der Waals surface area contributed by atoms with Crippen molar-refractivity contribution < 1.29 is 23.7 Å². The Morgan fingerprint density at radius 1 is 0.900 bits per heavy atom. The molecule has 4 fully saturated rings. The smallest absolute Gasteiger partial charge is 0.282 e. The molecular formula is C15H26O5. The molecule has 4 saturated heterocycles. The zero-order valence-corrected chi connectivity index (χ0v) is 12.6. The van der Waals surface area contributed by atoms with E-state index in [4.69, 9.17) is 23.7 Å². The molecule has 0 aromatic heterocycles. The topological polar surface area (TPSA) is 46.2 Å². The molecule has 4 heterocycles. The van der Waals surface area contributed by atoms with Crippen LogP contribution < -0.4 is 0 Å². The molecule has 4 aliphatic rings. The highest BCUT2D eigenvalue weighted by Crippen LogP contribution is 2.41. The largest absolute Gasteiger partial charge is 0.380 e. The molecule has 4 aliphatic heterocycles. The van der Waals surface area contributed by atoms with E-state index >= 15 is 0 Å². The first-order chi connectivity index (χ1) is 9.66. The Labute approximate surface area is 120 Å². The molecule has 20 heavy (non-hydrogen) atoms. The van der Waals surface area contributed by atoms with Crippen molar-refractivity contribution in [1.29, 1.82) is 0 Å². The van der Waals surface area contributed by atoms with Gasteiger partial charge in [-0.15, -0.1) is 0 Å². The Morgan fingerprint density at radius 2 is 1.55 bits per heavy atom. The fourth-order valence-corrected chi connectivity index (χ4v) is 2.95. The number of fused-ring (bicyclic) bond motifs is 3. The van der Waals surface area contributed by atoms with Gasteiger partial charge in [-0.3, -0.25) is 0 Å². The standard InChI is InChI=1S/C15H26O5/c1-3-5-15-18-10-14(11-19-15,12-20-15)9-17-8-13(4-2)6-16-7-13/h3-12H2,1-2H3. The normalized spacial score (nSPS) is 38.7. The van der Waals surface area contributed by atoms with Crippen LogP contribution in [0.15, 0.2) is 0 Å². The Hall–Kier alpha value is -0.200. The summed E-state index contributed by atoms with van der Waals surface area (Å²) in [5, 5.41) is 0. The molecule has 0 amide bonds. The van der Waals surface area contributed by atoms with Crippen LogP contribution >= 0.6 is 0 Å². The Bertz CT molecular complexity index is 309. The number of ether oxygens (including phenoxy) is 5. The van der Waals surface area contributed by atoms with E-state index in [2.05, 4.69) is 13.8 Å². The third kappa shape index (κ3) is 2.62. The molecule has 4 rings (SSSR count). The fourth-order valence-electron chi connectivity index (χ4n) is 2.95. The van der Waals surface area contributed by atoms with Crippen molar-refractivity contribution in [2.24, 2.45) is 10.8 Å². The van der Waals surface area contributed by atoms with Gasteiger partial charge in [0.15, 0.2) is 0 Å². The molecule has 0 spiro atoms. The van der Waals surface area contributed by atoms with E-state index in [1.54, 1.807) is 0 Å². The van der Waals surface area contributed by atoms with E-state index in [0.717, 1.165) is 39.1 Å². The van der Waals surface area contributed by atoms with Crippen molar-refractivity contribution >= 4 is 0 Å². The molecule has 0 N–H and O–H groups in total. The minimum absolute atomic E-state index is 0.130. The molecule has 116 valence electrons. The summed E-state index contributed by atoms with van der Waals surface area (Å²) in [4.78, 5) is 0. The van der Waals surface area contributed by atoms with Gasteiger partial charge in [0.1, 0.15) is 0 Å². The van der Waals surface area contributed by atoms with Crippen LogP contribution in [-0.4, -0.2) is 52.2 Å². The second-order valence-electron chi connectivity index (χ2n) is 6.64. The van der Waals surface area contributed by atoms with Crippen LogP contribution in [0.1, 0.15) is 33.1 Å². The lowest BCUT2D eigenvalue weighted by Crippen LogP contribution is -2.61. The maximum atomic E-state index is 5.96. The molecule has 0 aromatic carbocycles. The van der Waals surface area contributed by atoms with E-state index in [1.807, 2.05) is 0 Å². The van der Waals surface area contributed by atoms with E-state index in [9.17, 15) is 0 Å². The van der Waals surface area contributed by atoms with E-state index in [1.165, 1.54) is 0 Å². The first-order valence-electron chi connectivity index (χ1n) is 7.73. The predicted molar refractivity (Wildman–Crippen MR) is 72.3 cm³/mol. The lowest BCUT2D eigenvalue weighted by Gasteiger charge is -2.52. The van der Waals surface area contributed by atoms with Gasteiger partial charge in [-0.25, -0.2) is 0 Å². The number of hydrogen-bond donors (Lipinski definition) is 0. The Kier molecular flexibility index (Phi) is 4.08. The molecule has 0 radical (unpaired) electrons. The quantitative estimate of drug-likeness (QED) is 0.716. The van der Waals surface area contributed by atoms with Gasteiger partial charge in [-0.2, -0.15) is 0 Å². The molecule has 0 saturated carbocycles. The van der Waals surface area contributed by atoms with Crippen molar-refractivity contribution in [3.63, 3.8) is 0 Å². The lowest BCUT2D eigenvalue weighted by atomic mass is 9.84. The van der Waals surface area contributed by atoms with Gasteiger partial charge < -0.3 is 23.7 Å². The highest BCUT2D eigenvalue weighted by Gasteiger charge is 2.52. The van der Waals surface area contributed by atoms with Gasteiger partial charge in [0.25, 0.3) is 5.97 Å². The summed E-state index contributed by atoms with van der Waals surface area (Å²) in [6.07, 6.45) is 2.88. The predicted octanol–water partition coefficient (Wildman–Crippen LogP) is 1.95. The van der Waals surface area contributed by atoms with Crippen LogP contribution in [0.5, 0.6) is 0 Å². The van der Waals surface area contributed by atoms with Crippen molar-refractivity contribution in [2.45, 2.75) is 39.1 Å². The van der Waals surface area contributed by atoms with Gasteiger partial charge in [0, 0.05) is 11.8 Å². The van der Waals surface area contributed by atoms with E-state index in [-0.39, 0.29) is 10.8 Å². The van der Waals surface area contributed by atoms with Crippen molar-refractivity contribution in [1.82, 2.24) is 0 Å². The molecular weight excluding hydrogens is 260 g/mol. The van der Waals surface area contributed by atoms with Crippen molar-refractivity contribution in [3.05, 3.63) is 0 Å². The van der Waals surface area contributed by atoms with Crippen LogP contribution in [0, 0.1) is 10.8 Å². The van der Waals surface area contributed by atoms with Gasteiger partial charge in [-0.1, -0.05) is 13.8 Å². The number of hydrogen-bond acceptors (Lipinski definition) is 5. The van der Waals surface area contributed by atoms with Crippen LogP contribution in [0.25, 0.3) is 0 Å². The molecule has 0 unspecified atom stereocenters. The van der Waals surface area contributed by atoms with Crippen LogP contribution in [-0.2, 0) is 23.7 Å². The second kappa shape index (κ2) is 5.54. The summed E-state index contributed by atoms with van der Waals surface area (Å²) in [5.41, 5.74) is 0.101. The first kappa shape index (κ1) is 14.7. The highest BCUT2D eigenvalue weighted by molar-refractivity contribution is 4.89. The second-order valence-corrected chi connectivity index (χ2v) is 6.64. The summed E-state index contributed by atoms with van der Waals surface area (Å²) < 4.78 is 28.7. The molecule has 0 aromatic rings. The third-order valence-corrected chi connectivity index (χ3v) is 4.73. The molecule has 2 bridgehead atoms. The third-order valence-electron chi connectivity index (χ3n) is 4.73. The zero-order valence-electron chi connectivity index (χ0n) is 12.6. The Balaban J connectivity index is 1.47. The summed E-state index contributed by atoms with van der Waals surface area (Å²) in [7, 11) is 0. The van der Waals surface area contributed by atoms with Crippen LogP contribution in [0.3, 0.4) is 0 Å². The molecule has 5 heteroatoms. The minimum atomic E-state index is -0.775. The Morgan fingerprint density at radius 3 is 2.00 bits per heavy atom. The summed E-state index contributed by atoms with van der Waals surface area (Å²) in [6.45, 7) is 9.34. The van der Waals surface area contributed by atoms with E-state index < -0.39 is 5.97 Å². The van der Waals surface area contributed by atoms with Gasteiger partial charge in [0.2, 0.25) is 0 Å². The SMILES string of the molecule is CCCC12OCC(COCC3(CC)COC3)(CO1)CO2. The van der Waals surface area contributed by atoms with Gasteiger partial charge >= 0.3 is 0 Å². The maximum absolute atomic E-state index is 5.96. The van der Waals surface area contributed by atoms with Gasteiger partial charge in [0.05, 0.1) is 51.7 Å². The zero-order chi connectivity index (χ0) is 14.1. The molecule has 5 nitrogen and oxygen atoms in total. The highest BCUT2D eigenvalue weighted by atomic mass is 16.9. The van der Waals surface area contributed by atoms with Crippen LogP contribution in [0.4, 0.5) is 0 Å². The summed E-state index contributed by atoms with van der Waals surface area (Å²) in [5.74, 6) is -0.775. The molecule has 0 aliphatic carbocycles. The fraction of sp³-hybridized carbons (Fsp3) is 1.00. The maximum Gasteiger partial charge on any atom is 0.282 e. The lowest BCUT2D eigenvalue weighted by molar-refractivity contribution is -0.472. The van der Waals surface area contributed by atoms with E-state index in [0.29, 0.717) is 26.4 Å². The summed E-state index contributed by atoms with van der Waals surface area (Å²) in [6, 6.07) is 0. The average Bonchev–Trinajstić information content (AvgIpc) is 2.44. The average molecular weight is 286 g/mol. The number of rotatable bonds is 7. The molecule has 0 atom stereocenters. The first-order valence-corrected chi connectivity index (χ1v) is 7.73.